The molecule has 2 N–H and O–H groups in total. The first-order chi connectivity index (χ1) is 8.66. The molecule has 18 heavy (non-hydrogen) atoms. The second kappa shape index (κ2) is 6.22. The first-order valence-corrected chi connectivity index (χ1v) is 6.67. The minimum Gasteiger partial charge on any atom is -0.389 e. The minimum atomic E-state index is -0.518. The van der Waals surface area contributed by atoms with Crippen molar-refractivity contribution in [3.05, 3.63) is 46.2 Å². The van der Waals surface area contributed by atoms with Crippen LogP contribution in [0.5, 0.6) is 0 Å². The largest absolute Gasteiger partial charge is 0.389 e. The van der Waals surface area contributed by atoms with Crippen LogP contribution in [0.1, 0.15) is 0 Å². The maximum atomic E-state index is 9.87. The Labute approximate surface area is 119 Å². The van der Waals surface area contributed by atoms with E-state index >= 15 is 0 Å². The number of anilines is 1. The molecular formula is C12H13BrClN3O. The van der Waals surface area contributed by atoms with Crippen molar-refractivity contribution >= 4 is 33.2 Å². The molecule has 0 saturated carbocycles. The Bertz CT molecular complexity index is 504. The normalized spacial score (nSPS) is 12.4. The van der Waals surface area contributed by atoms with Crippen LogP contribution in [0.15, 0.2) is 41.1 Å². The molecule has 2 aromatic rings. The highest BCUT2D eigenvalue weighted by molar-refractivity contribution is 9.10. The van der Waals surface area contributed by atoms with Crippen LogP contribution in [0, 0.1) is 0 Å². The van der Waals surface area contributed by atoms with Gasteiger partial charge in [0.15, 0.2) is 0 Å². The number of aromatic nitrogens is 2. The molecule has 1 aromatic heterocycles. The van der Waals surface area contributed by atoms with Crippen molar-refractivity contribution in [3.8, 4) is 0 Å². The van der Waals surface area contributed by atoms with Gasteiger partial charge in [-0.1, -0.05) is 17.7 Å². The zero-order valence-electron chi connectivity index (χ0n) is 9.55. The lowest BCUT2D eigenvalue weighted by molar-refractivity contribution is 0.161. The van der Waals surface area contributed by atoms with Crippen LogP contribution in [0.3, 0.4) is 0 Å². The van der Waals surface area contributed by atoms with E-state index in [9.17, 15) is 5.11 Å². The van der Waals surface area contributed by atoms with E-state index in [1.54, 1.807) is 16.9 Å². The second-order valence-electron chi connectivity index (χ2n) is 3.86. The second-order valence-corrected chi connectivity index (χ2v) is 5.06. The molecule has 0 aliphatic heterocycles. The molecule has 0 radical (unpaired) electrons. The van der Waals surface area contributed by atoms with Gasteiger partial charge in [-0.2, -0.15) is 5.10 Å². The summed E-state index contributed by atoms with van der Waals surface area (Å²) in [5.41, 5.74) is 0.863. The van der Waals surface area contributed by atoms with Crippen LogP contribution < -0.4 is 5.32 Å². The van der Waals surface area contributed by atoms with E-state index in [-0.39, 0.29) is 0 Å². The number of rotatable bonds is 5. The van der Waals surface area contributed by atoms with Crippen LogP contribution in [0.25, 0.3) is 0 Å². The van der Waals surface area contributed by atoms with E-state index in [4.69, 9.17) is 11.6 Å². The van der Waals surface area contributed by atoms with E-state index in [2.05, 4.69) is 26.3 Å². The van der Waals surface area contributed by atoms with E-state index in [1.807, 2.05) is 24.4 Å². The van der Waals surface area contributed by atoms with Gasteiger partial charge in [-0.3, -0.25) is 4.68 Å². The predicted octanol–water partition coefficient (Wildman–Crippen LogP) is 2.77. The maximum absolute atomic E-state index is 9.87. The number of hydrogen-bond acceptors (Lipinski definition) is 3. The summed E-state index contributed by atoms with van der Waals surface area (Å²) in [5, 5.41) is 17.7. The molecule has 0 fully saturated rings. The summed E-state index contributed by atoms with van der Waals surface area (Å²) in [7, 11) is 0. The van der Waals surface area contributed by atoms with Crippen LogP contribution in [0.2, 0.25) is 5.02 Å². The zero-order chi connectivity index (χ0) is 13.0. The van der Waals surface area contributed by atoms with Gasteiger partial charge in [0, 0.05) is 18.9 Å². The quantitative estimate of drug-likeness (QED) is 0.886. The lowest BCUT2D eigenvalue weighted by atomic mass is 10.3. The summed E-state index contributed by atoms with van der Waals surface area (Å²) in [6.45, 7) is 0.886. The van der Waals surface area contributed by atoms with Crippen molar-refractivity contribution in [2.75, 3.05) is 11.9 Å². The third-order valence-electron chi connectivity index (χ3n) is 2.44. The Kier molecular flexibility index (Phi) is 4.63. The number of nitrogens with one attached hydrogen (secondary N) is 1. The monoisotopic (exact) mass is 329 g/mol. The molecule has 1 heterocycles. The molecule has 0 bridgehead atoms. The molecule has 96 valence electrons. The fourth-order valence-corrected chi connectivity index (χ4v) is 2.14. The van der Waals surface area contributed by atoms with Crippen LogP contribution in [-0.4, -0.2) is 27.5 Å². The van der Waals surface area contributed by atoms with Crippen LogP contribution in [0.4, 0.5) is 5.69 Å². The van der Waals surface area contributed by atoms with Crippen molar-refractivity contribution in [2.45, 2.75) is 12.6 Å². The van der Waals surface area contributed by atoms with E-state index in [1.165, 1.54) is 0 Å². The Balaban J connectivity index is 1.89. The van der Waals surface area contributed by atoms with Gasteiger partial charge in [-0.25, -0.2) is 0 Å². The molecular weight excluding hydrogens is 318 g/mol. The molecule has 6 heteroatoms. The van der Waals surface area contributed by atoms with Crippen molar-refractivity contribution in [3.63, 3.8) is 0 Å². The van der Waals surface area contributed by atoms with Gasteiger partial charge >= 0.3 is 0 Å². The molecule has 0 saturated heterocycles. The molecule has 0 amide bonds. The van der Waals surface area contributed by atoms with Gasteiger partial charge in [0.1, 0.15) is 0 Å². The van der Waals surface area contributed by atoms with Crippen molar-refractivity contribution in [1.82, 2.24) is 9.78 Å². The lowest BCUT2D eigenvalue weighted by Crippen LogP contribution is -2.25. The third-order valence-corrected chi connectivity index (χ3v) is 3.83. The smallest absolute Gasteiger partial charge is 0.0907 e. The first-order valence-electron chi connectivity index (χ1n) is 5.50. The standard InChI is InChI=1S/C12H13BrClN3O/c13-12-10(14)3-1-4-11(12)15-7-9(18)8-17-6-2-5-16-17/h1-6,9,15,18H,7-8H2. The Morgan fingerprint density at radius 2 is 2.28 bits per heavy atom. The highest BCUT2D eigenvalue weighted by atomic mass is 79.9. The average molecular weight is 331 g/mol. The Morgan fingerprint density at radius 3 is 3.00 bits per heavy atom. The first kappa shape index (κ1) is 13.4. The van der Waals surface area contributed by atoms with Crippen LogP contribution >= 0.6 is 27.5 Å². The molecule has 1 atom stereocenters. The molecule has 0 spiro atoms. The topological polar surface area (TPSA) is 50.1 Å². The maximum Gasteiger partial charge on any atom is 0.0907 e. The Hall–Kier alpha value is -1.04. The molecule has 4 nitrogen and oxygen atoms in total. The number of aliphatic hydroxyl groups excluding tert-OH is 1. The summed E-state index contributed by atoms with van der Waals surface area (Å²) >= 11 is 9.38. The number of halogens is 2. The number of aliphatic hydroxyl groups is 1. The van der Waals surface area contributed by atoms with Gasteiger partial charge in [0.05, 0.1) is 27.8 Å². The van der Waals surface area contributed by atoms with Crippen molar-refractivity contribution in [1.29, 1.82) is 0 Å². The van der Waals surface area contributed by atoms with Gasteiger partial charge in [-0.15, -0.1) is 0 Å². The zero-order valence-corrected chi connectivity index (χ0v) is 11.9. The van der Waals surface area contributed by atoms with Gasteiger partial charge in [-0.05, 0) is 34.1 Å². The minimum absolute atomic E-state index is 0.429. The number of hydrogen-bond donors (Lipinski definition) is 2. The van der Waals surface area contributed by atoms with Gasteiger partial charge in [0.2, 0.25) is 0 Å². The fourth-order valence-electron chi connectivity index (χ4n) is 1.56. The highest BCUT2D eigenvalue weighted by Crippen LogP contribution is 2.29. The lowest BCUT2D eigenvalue weighted by Gasteiger charge is -2.14. The summed E-state index contributed by atoms with van der Waals surface area (Å²) in [6, 6.07) is 7.39. The summed E-state index contributed by atoms with van der Waals surface area (Å²) in [5.74, 6) is 0. The number of nitrogens with zero attached hydrogens (tertiary/aromatic N) is 2. The number of benzene rings is 1. The predicted molar refractivity (Wildman–Crippen MR) is 75.9 cm³/mol. The Morgan fingerprint density at radius 1 is 1.44 bits per heavy atom. The van der Waals surface area contributed by atoms with Crippen molar-refractivity contribution < 1.29 is 5.11 Å². The van der Waals surface area contributed by atoms with Crippen LogP contribution in [-0.2, 0) is 6.54 Å². The molecule has 0 aliphatic rings. The molecule has 0 aliphatic carbocycles. The average Bonchev–Trinajstić information content (AvgIpc) is 2.84. The van der Waals surface area contributed by atoms with Crippen molar-refractivity contribution in [2.24, 2.45) is 0 Å². The highest BCUT2D eigenvalue weighted by Gasteiger charge is 2.08. The van der Waals surface area contributed by atoms with E-state index in [0.717, 1.165) is 10.2 Å². The molecule has 2 rings (SSSR count). The molecule has 1 aromatic carbocycles. The summed E-state index contributed by atoms with van der Waals surface area (Å²) < 4.78 is 2.50. The van der Waals surface area contributed by atoms with E-state index < -0.39 is 6.10 Å². The van der Waals surface area contributed by atoms with Gasteiger partial charge in [0.25, 0.3) is 0 Å². The summed E-state index contributed by atoms with van der Waals surface area (Å²) in [6.07, 6.45) is 2.99. The SMILES string of the molecule is OC(CNc1cccc(Cl)c1Br)Cn1cccn1. The van der Waals surface area contributed by atoms with Gasteiger partial charge < -0.3 is 10.4 Å². The third kappa shape index (κ3) is 3.48. The fraction of sp³-hybridized carbons (Fsp3) is 0.250. The van der Waals surface area contributed by atoms with E-state index in [0.29, 0.717) is 18.1 Å². The molecule has 1 unspecified atom stereocenters. The summed E-state index contributed by atoms with van der Waals surface area (Å²) in [4.78, 5) is 0.